The van der Waals surface area contributed by atoms with Gasteiger partial charge in [0.25, 0.3) is 0 Å². The van der Waals surface area contributed by atoms with E-state index in [0.717, 1.165) is 6.54 Å². The van der Waals surface area contributed by atoms with E-state index in [1.165, 1.54) is 0 Å². The van der Waals surface area contributed by atoms with Crippen molar-refractivity contribution in [1.82, 2.24) is 4.90 Å². The second-order valence-electron chi connectivity index (χ2n) is 2.47. The molecule has 0 bridgehead atoms. The summed E-state index contributed by atoms with van der Waals surface area (Å²) in [6.07, 6.45) is 1.92. The van der Waals surface area contributed by atoms with Crippen LogP contribution in [-0.4, -0.2) is 37.8 Å². The zero-order valence-corrected chi connectivity index (χ0v) is 6.76. The topological polar surface area (TPSA) is 15.6 Å². The molecule has 0 aliphatic heterocycles. The maximum absolute atomic E-state index is 3.89. The first kappa shape index (κ1) is 8.63. The highest BCUT2D eigenvalue weighted by Crippen LogP contribution is 1.89. The normalized spacial score (nSPS) is 12.2. The van der Waals surface area contributed by atoms with Gasteiger partial charge in [-0.05, 0) is 20.9 Å². The lowest BCUT2D eigenvalue weighted by atomic mass is 10.3. The van der Waals surface area contributed by atoms with Crippen LogP contribution in [0.15, 0.2) is 4.99 Å². The van der Waals surface area contributed by atoms with Crippen LogP contribution in [0.5, 0.6) is 0 Å². The molecule has 0 heterocycles. The molecule has 0 aromatic carbocycles. The van der Waals surface area contributed by atoms with Crippen molar-refractivity contribution in [2.24, 2.45) is 4.99 Å². The minimum atomic E-state index is 0.614. The number of nitrogens with zero attached hydrogens (tertiary/aromatic N) is 2. The largest absolute Gasteiger partial charge is 0.300 e. The molecule has 0 N–H and O–H groups in total. The van der Waals surface area contributed by atoms with Crippen molar-refractivity contribution in [2.45, 2.75) is 19.9 Å². The molecule has 0 aromatic rings. The van der Waals surface area contributed by atoms with E-state index in [2.05, 4.69) is 30.8 Å². The Kier molecular flexibility index (Phi) is 4.32. The number of rotatable bonds is 3. The first-order valence-corrected chi connectivity index (χ1v) is 3.29. The summed E-state index contributed by atoms with van der Waals surface area (Å²) in [7, 11) is 3.89. The molecule has 0 aliphatic carbocycles. The van der Waals surface area contributed by atoms with Crippen LogP contribution in [0.25, 0.3) is 0 Å². The summed E-state index contributed by atoms with van der Waals surface area (Å²) in [5.41, 5.74) is 0. The average molecular weight is 128 g/mol. The zero-order valence-electron chi connectivity index (χ0n) is 6.76. The molecule has 0 rings (SSSR count). The number of hydrogen-bond acceptors (Lipinski definition) is 2. The van der Waals surface area contributed by atoms with Gasteiger partial charge in [-0.1, -0.05) is 0 Å². The maximum Gasteiger partial charge on any atom is 0.0332 e. The Morgan fingerprint density at radius 1 is 1.56 bits per heavy atom. The Labute approximate surface area is 57.6 Å². The predicted molar refractivity (Wildman–Crippen MR) is 42.2 cm³/mol. The van der Waals surface area contributed by atoms with E-state index in [0.29, 0.717) is 6.04 Å². The quantitative estimate of drug-likeness (QED) is 0.518. The third-order valence-corrected chi connectivity index (χ3v) is 1.43. The van der Waals surface area contributed by atoms with E-state index < -0.39 is 0 Å². The fraction of sp³-hybridized carbons (Fsp3) is 0.857. The van der Waals surface area contributed by atoms with E-state index in [1.807, 2.05) is 6.21 Å². The second kappa shape index (κ2) is 4.50. The lowest BCUT2D eigenvalue weighted by Gasteiger charge is -2.17. The second-order valence-corrected chi connectivity index (χ2v) is 2.47. The summed E-state index contributed by atoms with van der Waals surface area (Å²) in [6, 6.07) is 0.614. The monoisotopic (exact) mass is 128 g/mol. The van der Waals surface area contributed by atoms with Crippen LogP contribution in [0.3, 0.4) is 0 Å². The Balaban J connectivity index is 3.38. The first-order chi connectivity index (χ1) is 4.18. The Morgan fingerprint density at radius 3 is 2.44 bits per heavy atom. The van der Waals surface area contributed by atoms with Crippen LogP contribution in [0.1, 0.15) is 13.8 Å². The molecule has 0 fully saturated rings. The Morgan fingerprint density at radius 2 is 2.11 bits per heavy atom. The molecule has 0 amide bonds. The van der Waals surface area contributed by atoms with Crippen molar-refractivity contribution in [3.05, 3.63) is 0 Å². The van der Waals surface area contributed by atoms with Gasteiger partial charge in [0.2, 0.25) is 0 Å². The van der Waals surface area contributed by atoms with Crippen LogP contribution in [0.2, 0.25) is 0 Å². The summed E-state index contributed by atoms with van der Waals surface area (Å²) >= 11 is 0. The Hall–Kier alpha value is -0.370. The van der Waals surface area contributed by atoms with Crippen molar-refractivity contribution in [1.29, 1.82) is 0 Å². The molecule has 0 aliphatic rings. The highest BCUT2D eigenvalue weighted by Gasteiger charge is 1.98. The minimum absolute atomic E-state index is 0.614. The van der Waals surface area contributed by atoms with Gasteiger partial charge in [0.05, 0.1) is 0 Å². The van der Waals surface area contributed by atoms with Gasteiger partial charge in [-0.3, -0.25) is 9.89 Å². The third kappa shape index (κ3) is 4.15. The third-order valence-electron chi connectivity index (χ3n) is 1.43. The predicted octanol–water partition coefficient (Wildman–Crippen LogP) is 1.03. The van der Waals surface area contributed by atoms with Gasteiger partial charge in [-0.2, -0.15) is 0 Å². The van der Waals surface area contributed by atoms with Crippen LogP contribution in [-0.2, 0) is 0 Å². The highest BCUT2D eigenvalue weighted by molar-refractivity contribution is 5.59. The van der Waals surface area contributed by atoms with E-state index in [-0.39, 0.29) is 0 Å². The van der Waals surface area contributed by atoms with Crippen molar-refractivity contribution in [3.8, 4) is 0 Å². The van der Waals surface area contributed by atoms with E-state index in [4.69, 9.17) is 0 Å². The lowest BCUT2D eigenvalue weighted by Crippen LogP contribution is -2.27. The molecule has 0 unspecified atom stereocenters. The van der Waals surface area contributed by atoms with Crippen molar-refractivity contribution < 1.29 is 0 Å². The molecule has 0 saturated heterocycles. The van der Waals surface area contributed by atoms with Crippen molar-refractivity contribution >= 4 is 6.21 Å². The summed E-state index contributed by atoms with van der Waals surface area (Å²) in [6.45, 7) is 5.29. The lowest BCUT2D eigenvalue weighted by molar-refractivity contribution is 0.314. The zero-order chi connectivity index (χ0) is 7.28. The molecule has 0 radical (unpaired) electrons. The van der Waals surface area contributed by atoms with E-state index >= 15 is 0 Å². The molecule has 0 aromatic heterocycles. The molecule has 54 valence electrons. The fourth-order valence-electron chi connectivity index (χ4n) is 0.421. The number of hydrogen-bond donors (Lipinski definition) is 0. The average Bonchev–Trinajstić information content (AvgIpc) is 1.82. The van der Waals surface area contributed by atoms with Crippen LogP contribution >= 0.6 is 0 Å². The maximum atomic E-state index is 3.89. The molecule has 0 spiro atoms. The summed E-state index contributed by atoms with van der Waals surface area (Å²) < 4.78 is 0. The highest BCUT2D eigenvalue weighted by atomic mass is 15.1. The van der Waals surface area contributed by atoms with E-state index in [1.54, 1.807) is 7.05 Å². The van der Waals surface area contributed by atoms with Gasteiger partial charge in [0.1, 0.15) is 0 Å². The molecule has 9 heavy (non-hydrogen) atoms. The van der Waals surface area contributed by atoms with Gasteiger partial charge < -0.3 is 0 Å². The SMILES string of the molecule is C/N=C\CN(C)C(C)C. The van der Waals surface area contributed by atoms with Crippen molar-refractivity contribution in [3.63, 3.8) is 0 Å². The first-order valence-electron chi connectivity index (χ1n) is 3.29. The summed E-state index contributed by atoms with van der Waals surface area (Å²) in [5, 5.41) is 0. The Bertz CT molecular complexity index is 86.9. The van der Waals surface area contributed by atoms with Gasteiger partial charge >= 0.3 is 0 Å². The number of aliphatic imine (C=N–C) groups is 1. The smallest absolute Gasteiger partial charge is 0.0332 e. The molecule has 2 heteroatoms. The van der Waals surface area contributed by atoms with Gasteiger partial charge in [-0.25, -0.2) is 0 Å². The minimum Gasteiger partial charge on any atom is -0.300 e. The van der Waals surface area contributed by atoms with Crippen LogP contribution < -0.4 is 0 Å². The standard InChI is InChI=1S/C7H16N2/c1-7(2)9(4)6-5-8-3/h5,7H,6H2,1-4H3/b8-5-. The van der Waals surface area contributed by atoms with Gasteiger partial charge in [-0.15, -0.1) is 0 Å². The van der Waals surface area contributed by atoms with Gasteiger partial charge in [0.15, 0.2) is 0 Å². The summed E-state index contributed by atoms with van der Waals surface area (Å²) in [4.78, 5) is 6.12. The fourth-order valence-corrected chi connectivity index (χ4v) is 0.421. The summed E-state index contributed by atoms with van der Waals surface area (Å²) in [5.74, 6) is 0. The van der Waals surface area contributed by atoms with Crippen LogP contribution in [0.4, 0.5) is 0 Å². The van der Waals surface area contributed by atoms with E-state index in [9.17, 15) is 0 Å². The molecule has 0 saturated carbocycles. The molecular formula is C7H16N2. The van der Waals surface area contributed by atoms with Crippen molar-refractivity contribution in [2.75, 3.05) is 20.6 Å². The van der Waals surface area contributed by atoms with Gasteiger partial charge in [0, 0.05) is 25.8 Å². The molecular weight excluding hydrogens is 112 g/mol. The van der Waals surface area contributed by atoms with Crippen LogP contribution in [0, 0.1) is 0 Å². The molecule has 2 nitrogen and oxygen atoms in total. The molecule has 0 atom stereocenters.